The highest BCUT2D eigenvalue weighted by molar-refractivity contribution is 7.88. The van der Waals surface area contributed by atoms with E-state index >= 15 is 0 Å². The molecule has 0 atom stereocenters. The first-order valence-electron chi connectivity index (χ1n) is 3.99. The minimum Gasteiger partial charge on any atom is -0.236 e. The zero-order valence-corrected chi connectivity index (χ0v) is 8.46. The lowest BCUT2D eigenvalue weighted by Gasteiger charge is -1.98. The minimum atomic E-state index is -4.21. The van der Waals surface area contributed by atoms with E-state index in [0.29, 0.717) is 3.97 Å². The van der Waals surface area contributed by atoms with Crippen LogP contribution in [0.4, 0.5) is 4.39 Å². The molecule has 9 heteroatoms. The first-order valence-corrected chi connectivity index (χ1v) is 5.39. The molecule has 0 fully saturated rings. The number of halogens is 1. The number of azide groups is 1. The van der Waals surface area contributed by atoms with Crippen molar-refractivity contribution < 1.29 is 12.8 Å². The number of aromatic nitrogens is 2. The molecule has 0 N–H and O–H groups in total. The van der Waals surface area contributed by atoms with Gasteiger partial charge < -0.3 is 0 Å². The zero-order valence-electron chi connectivity index (χ0n) is 7.65. The number of nitrogens with zero attached hydrogens (tertiary/aromatic N) is 5. The minimum absolute atomic E-state index is 0.0207. The van der Waals surface area contributed by atoms with Crippen molar-refractivity contribution >= 4 is 21.2 Å². The third kappa shape index (κ3) is 1.58. The number of hydrogen-bond donors (Lipinski definition) is 0. The van der Waals surface area contributed by atoms with Gasteiger partial charge in [-0.2, -0.15) is 8.42 Å². The molecule has 82 valence electrons. The summed E-state index contributed by atoms with van der Waals surface area (Å²) in [6.45, 7) is 0. The van der Waals surface area contributed by atoms with E-state index in [1.165, 1.54) is 6.07 Å². The second-order valence-corrected chi connectivity index (χ2v) is 4.27. The van der Waals surface area contributed by atoms with Gasteiger partial charge in [-0.3, -0.25) is 0 Å². The summed E-state index contributed by atoms with van der Waals surface area (Å²) < 4.78 is 39.0. The van der Waals surface area contributed by atoms with Gasteiger partial charge in [-0.1, -0.05) is 0 Å². The number of rotatable bonds is 2. The van der Waals surface area contributed by atoms with E-state index in [0.717, 1.165) is 18.5 Å². The fourth-order valence-electron chi connectivity index (χ4n) is 1.23. The van der Waals surface area contributed by atoms with Crippen LogP contribution in [0.3, 0.4) is 0 Å². The van der Waals surface area contributed by atoms with Crippen molar-refractivity contribution in [2.45, 2.75) is 0 Å². The van der Waals surface area contributed by atoms with Crippen LogP contribution in [0.15, 0.2) is 29.0 Å². The Morgan fingerprint density at radius 3 is 2.94 bits per heavy atom. The molecule has 0 aliphatic carbocycles. The predicted octanol–water partition coefficient (Wildman–Crippen LogP) is 1.58. The third-order valence-corrected chi connectivity index (χ3v) is 2.93. The van der Waals surface area contributed by atoms with Crippen LogP contribution in [0.2, 0.25) is 0 Å². The van der Waals surface area contributed by atoms with Gasteiger partial charge in [0, 0.05) is 11.0 Å². The lowest BCUT2D eigenvalue weighted by Crippen LogP contribution is -2.06. The smallest absolute Gasteiger partial charge is 0.236 e. The number of benzene rings is 1. The average molecular weight is 241 g/mol. The SMILES string of the molecule is [N-]=[N+]=NS(=O)(=O)n1cnc2ccc(F)cc21. The Hall–Kier alpha value is -2.12. The summed E-state index contributed by atoms with van der Waals surface area (Å²) in [5.41, 5.74) is 8.41. The van der Waals surface area contributed by atoms with E-state index in [2.05, 4.69) is 14.4 Å². The maximum Gasteiger partial charge on any atom is 0.329 e. The van der Waals surface area contributed by atoms with E-state index in [4.69, 9.17) is 5.53 Å². The van der Waals surface area contributed by atoms with Crippen LogP contribution < -0.4 is 0 Å². The molecular formula is C7H4FN5O2S. The Balaban J connectivity index is 2.80. The average Bonchev–Trinajstić information content (AvgIpc) is 2.60. The Morgan fingerprint density at radius 2 is 2.25 bits per heavy atom. The van der Waals surface area contributed by atoms with Gasteiger partial charge in [-0.25, -0.2) is 13.3 Å². The lowest BCUT2D eigenvalue weighted by atomic mass is 10.3. The fraction of sp³-hybridized carbons (Fsp3) is 0. The summed E-state index contributed by atoms with van der Waals surface area (Å²) in [6, 6.07) is 3.47. The van der Waals surface area contributed by atoms with Crippen molar-refractivity contribution in [1.29, 1.82) is 0 Å². The van der Waals surface area contributed by atoms with E-state index in [1.54, 1.807) is 0 Å². The van der Waals surface area contributed by atoms with Crippen molar-refractivity contribution in [2.75, 3.05) is 0 Å². The molecule has 0 spiro atoms. The molecule has 2 rings (SSSR count). The lowest BCUT2D eigenvalue weighted by molar-refractivity contribution is 0.590. The Bertz CT molecular complexity index is 701. The van der Waals surface area contributed by atoms with Crippen LogP contribution in [0.1, 0.15) is 0 Å². The normalized spacial score (nSPS) is 11.3. The molecule has 7 nitrogen and oxygen atoms in total. The predicted molar refractivity (Wildman–Crippen MR) is 53.2 cm³/mol. The highest BCUT2D eigenvalue weighted by Gasteiger charge is 2.14. The number of imidazole rings is 1. The van der Waals surface area contributed by atoms with Crippen molar-refractivity contribution in [3.8, 4) is 0 Å². The fourth-order valence-corrected chi connectivity index (χ4v) is 1.96. The quantitative estimate of drug-likeness (QED) is 0.453. The standard InChI is InChI=1S/C7H4FN5O2S/c8-5-1-2-6-7(3-5)13(4-10-6)16(14,15)12-11-9/h1-4H. The number of hydrogen-bond acceptors (Lipinski definition) is 3. The van der Waals surface area contributed by atoms with Crippen LogP contribution >= 0.6 is 0 Å². The van der Waals surface area contributed by atoms with E-state index in [9.17, 15) is 12.8 Å². The maximum absolute atomic E-state index is 12.9. The first-order chi connectivity index (χ1) is 7.54. The Morgan fingerprint density at radius 1 is 1.50 bits per heavy atom. The van der Waals surface area contributed by atoms with Gasteiger partial charge in [0.05, 0.1) is 15.6 Å². The van der Waals surface area contributed by atoms with Gasteiger partial charge >= 0.3 is 10.2 Å². The third-order valence-electron chi connectivity index (χ3n) is 1.86. The van der Waals surface area contributed by atoms with Crippen LogP contribution in [0.5, 0.6) is 0 Å². The summed E-state index contributed by atoms with van der Waals surface area (Å²) in [4.78, 5) is 5.93. The van der Waals surface area contributed by atoms with Gasteiger partial charge in [0.2, 0.25) is 0 Å². The Kier molecular flexibility index (Phi) is 2.26. The molecule has 0 aliphatic heterocycles. The molecule has 16 heavy (non-hydrogen) atoms. The molecular weight excluding hydrogens is 237 g/mol. The molecule has 0 unspecified atom stereocenters. The summed E-state index contributed by atoms with van der Waals surface area (Å²) >= 11 is 0. The summed E-state index contributed by atoms with van der Waals surface area (Å²) in [7, 11) is -4.21. The summed E-state index contributed by atoms with van der Waals surface area (Å²) in [5.74, 6) is -0.606. The van der Waals surface area contributed by atoms with Crippen molar-refractivity contribution in [3.63, 3.8) is 0 Å². The van der Waals surface area contributed by atoms with Crippen LogP contribution in [-0.2, 0) is 10.2 Å². The van der Waals surface area contributed by atoms with Crippen LogP contribution in [-0.4, -0.2) is 17.4 Å². The monoisotopic (exact) mass is 241 g/mol. The highest BCUT2D eigenvalue weighted by Crippen LogP contribution is 2.16. The molecule has 1 heterocycles. The van der Waals surface area contributed by atoms with Gasteiger partial charge in [-0.15, -0.1) is 0 Å². The second-order valence-electron chi connectivity index (χ2n) is 2.82. The van der Waals surface area contributed by atoms with E-state index in [1.807, 2.05) is 0 Å². The molecule has 2 aromatic rings. The molecule has 1 aromatic carbocycles. The van der Waals surface area contributed by atoms with Crippen molar-refractivity contribution in [2.24, 2.45) is 4.52 Å². The molecule has 1 aromatic heterocycles. The van der Waals surface area contributed by atoms with Gasteiger partial charge in [0.25, 0.3) is 0 Å². The van der Waals surface area contributed by atoms with Crippen molar-refractivity contribution in [1.82, 2.24) is 8.96 Å². The largest absolute Gasteiger partial charge is 0.329 e. The molecule has 0 aliphatic rings. The molecule has 0 radical (unpaired) electrons. The van der Waals surface area contributed by atoms with Crippen molar-refractivity contribution in [3.05, 3.63) is 40.8 Å². The molecule has 0 saturated carbocycles. The Labute approximate surface area is 88.9 Å². The molecule has 0 bridgehead atoms. The maximum atomic E-state index is 12.9. The van der Waals surface area contributed by atoms with Crippen LogP contribution in [0.25, 0.3) is 21.5 Å². The highest BCUT2D eigenvalue weighted by atomic mass is 32.2. The second kappa shape index (κ2) is 3.47. The molecule has 0 saturated heterocycles. The van der Waals surface area contributed by atoms with Gasteiger partial charge in [0.1, 0.15) is 12.1 Å². The van der Waals surface area contributed by atoms with Crippen LogP contribution in [0, 0.1) is 5.82 Å². The first kappa shape index (κ1) is 10.4. The zero-order chi connectivity index (χ0) is 11.8. The van der Waals surface area contributed by atoms with E-state index in [-0.39, 0.29) is 11.0 Å². The summed E-state index contributed by atoms with van der Waals surface area (Å²) in [6.07, 6.45) is 0.952. The van der Waals surface area contributed by atoms with Gasteiger partial charge in [-0.05, 0) is 17.7 Å². The topological polar surface area (TPSA) is 101 Å². The molecule has 0 amide bonds. The number of fused-ring (bicyclic) bond motifs is 1. The van der Waals surface area contributed by atoms with E-state index < -0.39 is 16.0 Å². The summed E-state index contributed by atoms with van der Waals surface area (Å²) in [5, 5.41) is 0. The van der Waals surface area contributed by atoms with Gasteiger partial charge in [0.15, 0.2) is 0 Å².